The standard InChI is InChI=1S/C24H28N4O3S2/c1-14-9-10-15(2)17(11-14)18-12-32-22(20(18)23(30)31-4)25-19(29)13-33-24-27-26-21(28(24)3)16-7-5-6-8-16/h9-12,16H,5-8,13H2,1-4H3,(H,25,29). The highest BCUT2D eigenvalue weighted by Crippen LogP contribution is 2.38. The van der Waals surface area contributed by atoms with Gasteiger partial charge in [-0.25, -0.2) is 4.79 Å². The first-order valence-corrected chi connectivity index (χ1v) is 12.8. The number of amides is 1. The number of thiophene rings is 1. The Labute approximate surface area is 201 Å². The van der Waals surface area contributed by atoms with Gasteiger partial charge in [0.25, 0.3) is 0 Å². The lowest BCUT2D eigenvalue weighted by Crippen LogP contribution is -2.16. The molecule has 4 rings (SSSR count). The Balaban J connectivity index is 1.50. The van der Waals surface area contributed by atoms with Crippen LogP contribution in [0.25, 0.3) is 11.1 Å². The minimum absolute atomic E-state index is 0.175. The van der Waals surface area contributed by atoms with E-state index in [0.29, 0.717) is 16.5 Å². The topological polar surface area (TPSA) is 86.1 Å². The van der Waals surface area contributed by atoms with Crippen LogP contribution < -0.4 is 5.32 Å². The molecule has 0 unspecified atom stereocenters. The maximum atomic E-state index is 12.8. The molecule has 0 aliphatic heterocycles. The summed E-state index contributed by atoms with van der Waals surface area (Å²) < 4.78 is 7.03. The van der Waals surface area contributed by atoms with Crippen LogP contribution in [-0.4, -0.2) is 39.5 Å². The lowest BCUT2D eigenvalue weighted by molar-refractivity contribution is -0.113. The molecular formula is C24H28N4O3S2. The van der Waals surface area contributed by atoms with Crippen LogP contribution in [-0.2, 0) is 16.6 Å². The number of aryl methyl sites for hydroxylation is 2. The average Bonchev–Trinajstić information content (AvgIpc) is 3.54. The van der Waals surface area contributed by atoms with Crippen LogP contribution in [0.1, 0.15) is 58.9 Å². The van der Waals surface area contributed by atoms with Gasteiger partial charge in [0.15, 0.2) is 5.16 Å². The van der Waals surface area contributed by atoms with Gasteiger partial charge in [-0.05, 0) is 37.8 Å². The third kappa shape index (κ3) is 4.99. The maximum absolute atomic E-state index is 12.8. The number of benzene rings is 1. The largest absolute Gasteiger partial charge is 0.465 e. The summed E-state index contributed by atoms with van der Waals surface area (Å²) in [6, 6.07) is 6.10. The molecule has 174 valence electrons. The lowest BCUT2D eigenvalue weighted by Gasteiger charge is -2.10. The highest BCUT2D eigenvalue weighted by molar-refractivity contribution is 7.99. The molecule has 0 bridgehead atoms. The van der Waals surface area contributed by atoms with E-state index in [9.17, 15) is 9.59 Å². The molecule has 1 N–H and O–H groups in total. The summed E-state index contributed by atoms with van der Waals surface area (Å²) in [7, 11) is 3.31. The van der Waals surface area contributed by atoms with Crippen LogP contribution in [0.3, 0.4) is 0 Å². The highest BCUT2D eigenvalue weighted by atomic mass is 32.2. The molecule has 1 amide bonds. The Hall–Kier alpha value is -2.65. The van der Waals surface area contributed by atoms with Gasteiger partial charge in [0, 0.05) is 23.9 Å². The molecule has 0 spiro atoms. The number of carbonyl (C=O) groups is 2. The fraction of sp³-hybridized carbons (Fsp3) is 0.417. The monoisotopic (exact) mass is 484 g/mol. The molecule has 9 heteroatoms. The van der Waals surface area contributed by atoms with Gasteiger partial charge < -0.3 is 14.6 Å². The smallest absolute Gasteiger partial charge is 0.341 e. The van der Waals surface area contributed by atoms with Gasteiger partial charge in [-0.15, -0.1) is 21.5 Å². The van der Waals surface area contributed by atoms with E-state index in [1.165, 1.54) is 43.1 Å². The fourth-order valence-electron chi connectivity index (χ4n) is 4.26. The van der Waals surface area contributed by atoms with Crippen molar-refractivity contribution in [3.8, 4) is 11.1 Å². The van der Waals surface area contributed by atoms with Gasteiger partial charge in [-0.2, -0.15) is 0 Å². The molecule has 0 radical (unpaired) electrons. The summed E-state index contributed by atoms with van der Waals surface area (Å²) in [6.45, 7) is 4.01. The predicted octanol–water partition coefficient (Wildman–Crippen LogP) is 5.34. The molecule has 7 nitrogen and oxygen atoms in total. The molecule has 2 aromatic heterocycles. The summed E-state index contributed by atoms with van der Waals surface area (Å²) in [6.07, 6.45) is 4.76. The Morgan fingerprint density at radius 3 is 2.70 bits per heavy atom. The minimum Gasteiger partial charge on any atom is -0.465 e. The van der Waals surface area contributed by atoms with E-state index in [1.807, 2.05) is 49.0 Å². The van der Waals surface area contributed by atoms with E-state index < -0.39 is 5.97 Å². The number of hydrogen-bond acceptors (Lipinski definition) is 7. The Morgan fingerprint density at radius 2 is 1.97 bits per heavy atom. The van der Waals surface area contributed by atoms with Crippen molar-refractivity contribution < 1.29 is 14.3 Å². The SMILES string of the molecule is COC(=O)c1c(-c2cc(C)ccc2C)csc1NC(=O)CSc1nnc(C2CCCC2)n1C. The van der Waals surface area contributed by atoms with Crippen LogP contribution in [0.5, 0.6) is 0 Å². The Morgan fingerprint density at radius 1 is 1.21 bits per heavy atom. The molecule has 1 fully saturated rings. The molecule has 1 aliphatic carbocycles. The van der Waals surface area contributed by atoms with E-state index in [-0.39, 0.29) is 11.7 Å². The van der Waals surface area contributed by atoms with Crippen molar-refractivity contribution in [1.82, 2.24) is 14.8 Å². The number of ether oxygens (including phenoxy) is 1. The quantitative estimate of drug-likeness (QED) is 0.360. The third-order valence-corrected chi connectivity index (χ3v) is 7.95. The molecule has 0 saturated heterocycles. The summed E-state index contributed by atoms with van der Waals surface area (Å²) >= 11 is 2.68. The Kier molecular flexibility index (Phi) is 7.19. The number of thioether (sulfide) groups is 1. The second kappa shape index (κ2) is 10.1. The molecule has 0 atom stereocenters. The number of nitrogens with zero attached hydrogens (tertiary/aromatic N) is 3. The average molecular weight is 485 g/mol. The van der Waals surface area contributed by atoms with Gasteiger partial charge in [-0.3, -0.25) is 4.79 Å². The molecule has 1 aliphatic rings. The van der Waals surface area contributed by atoms with Crippen molar-refractivity contribution in [3.05, 3.63) is 46.1 Å². The van der Waals surface area contributed by atoms with Crippen LogP contribution >= 0.6 is 23.1 Å². The number of anilines is 1. The van der Waals surface area contributed by atoms with Crippen molar-refractivity contribution in [2.75, 3.05) is 18.2 Å². The van der Waals surface area contributed by atoms with E-state index in [4.69, 9.17) is 4.74 Å². The number of esters is 1. The van der Waals surface area contributed by atoms with Gasteiger partial charge >= 0.3 is 5.97 Å². The zero-order chi connectivity index (χ0) is 23.5. The lowest BCUT2D eigenvalue weighted by atomic mass is 9.97. The summed E-state index contributed by atoms with van der Waals surface area (Å²) in [5, 5.41) is 14.7. The van der Waals surface area contributed by atoms with E-state index in [0.717, 1.165) is 46.1 Å². The Bertz CT molecular complexity index is 1180. The number of hydrogen-bond donors (Lipinski definition) is 1. The van der Waals surface area contributed by atoms with E-state index in [2.05, 4.69) is 15.5 Å². The first kappa shape index (κ1) is 23.5. The van der Waals surface area contributed by atoms with E-state index >= 15 is 0 Å². The normalized spacial score (nSPS) is 13.9. The first-order chi connectivity index (χ1) is 15.9. The molecule has 3 aromatic rings. The van der Waals surface area contributed by atoms with Crippen molar-refractivity contribution >= 4 is 40.0 Å². The maximum Gasteiger partial charge on any atom is 0.341 e. The zero-order valence-electron chi connectivity index (χ0n) is 19.3. The summed E-state index contributed by atoms with van der Waals surface area (Å²) in [5.41, 5.74) is 4.26. The van der Waals surface area contributed by atoms with Crippen molar-refractivity contribution in [3.63, 3.8) is 0 Å². The molecule has 2 heterocycles. The number of nitrogens with one attached hydrogen (secondary N) is 1. The van der Waals surface area contributed by atoms with Crippen LogP contribution in [0.4, 0.5) is 5.00 Å². The van der Waals surface area contributed by atoms with Gasteiger partial charge in [0.05, 0.1) is 12.9 Å². The number of carbonyl (C=O) groups excluding carboxylic acids is 2. The van der Waals surface area contributed by atoms with E-state index in [1.54, 1.807) is 0 Å². The molecular weight excluding hydrogens is 456 g/mol. The number of methoxy groups -OCH3 is 1. The second-order valence-electron chi connectivity index (χ2n) is 8.38. The number of rotatable bonds is 7. The highest BCUT2D eigenvalue weighted by Gasteiger charge is 2.25. The summed E-state index contributed by atoms with van der Waals surface area (Å²) in [4.78, 5) is 25.4. The van der Waals surface area contributed by atoms with Gasteiger partial charge in [0.1, 0.15) is 16.4 Å². The number of aromatic nitrogens is 3. The first-order valence-electron chi connectivity index (χ1n) is 11.0. The van der Waals surface area contributed by atoms with Gasteiger partial charge in [0.2, 0.25) is 5.91 Å². The predicted molar refractivity (Wildman–Crippen MR) is 132 cm³/mol. The van der Waals surface area contributed by atoms with Crippen LogP contribution in [0.2, 0.25) is 0 Å². The second-order valence-corrected chi connectivity index (χ2v) is 10.2. The molecule has 1 saturated carbocycles. The molecule has 33 heavy (non-hydrogen) atoms. The van der Waals surface area contributed by atoms with Crippen molar-refractivity contribution in [1.29, 1.82) is 0 Å². The van der Waals surface area contributed by atoms with Crippen LogP contribution in [0.15, 0.2) is 28.7 Å². The zero-order valence-corrected chi connectivity index (χ0v) is 20.9. The minimum atomic E-state index is -0.468. The molecule has 1 aromatic carbocycles. The summed E-state index contributed by atoms with van der Waals surface area (Å²) in [5.74, 6) is 0.964. The fourth-order valence-corrected chi connectivity index (χ4v) is 5.95. The van der Waals surface area contributed by atoms with Crippen molar-refractivity contribution in [2.24, 2.45) is 7.05 Å². The van der Waals surface area contributed by atoms with Crippen molar-refractivity contribution in [2.45, 2.75) is 50.6 Å². The van der Waals surface area contributed by atoms with Crippen LogP contribution in [0, 0.1) is 13.8 Å². The van der Waals surface area contributed by atoms with Gasteiger partial charge in [-0.1, -0.05) is 48.4 Å². The third-order valence-electron chi connectivity index (χ3n) is 6.04.